The summed E-state index contributed by atoms with van der Waals surface area (Å²) in [6.07, 6.45) is 1.17. The van der Waals surface area contributed by atoms with Crippen LogP contribution in [0.2, 0.25) is 0 Å². The number of rotatable bonds is 10. The minimum atomic E-state index is -1.20. The van der Waals surface area contributed by atoms with Crippen molar-refractivity contribution in [3.05, 3.63) is 167 Å². The standard InChI is InChI=1S/C45H50NO2P/c1-33-41(46-42(47-33)36-28-37(43(2,3)4)30-38(29-36)44(5,6)7)45(31-34-20-12-8-13-21-34,32-35-22-14-9-15-23-35)48-49(39-24-16-10-17-25-39)40-26-18-11-19-27-40/h8-30,33,41H,31-32H2,1-7H3. The minimum Gasteiger partial charge on any atom is -0.472 e. The molecular weight excluding hydrogens is 617 g/mol. The highest BCUT2D eigenvalue weighted by atomic mass is 31.1. The molecule has 0 fully saturated rings. The molecule has 252 valence electrons. The van der Waals surface area contributed by atoms with Crippen molar-refractivity contribution in [1.29, 1.82) is 0 Å². The highest BCUT2D eigenvalue weighted by molar-refractivity contribution is 7.68. The highest BCUT2D eigenvalue weighted by Crippen LogP contribution is 2.47. The average molecular weight is 668 g/mol. The lowest BCUT2D eigenvalue weighted by atomic mass is 9.79. The van der Waals surface area contributed by atoms with Crippen LogP contribution in [0.5, 0.6) is 0 Å². The zero-order valence-corrected chi connectivity index (χ0v) is 31.0. The summed E-state index contributed by atoms with van der Waals surface area (Å²) in [4.78, 5) is 5.57. The third-order valence-electron chi connectivity index (χ3n) is 9.40. The van der Waals surface area contributed by atoms with E-state index in [4.69, 9.17) is 14.3 Å². The topological polar surface area (TPSA) is 30.8 Å². The molecule has 4 heteroatoms. The molecule has 49 heavy (non-hydrogen) atoms. The molecule has 0 aliphatic carbocycles. The van der Waals surface area contributed by atoms with Crippen molar-refractivity contribution >= 4 is 24.7 Å². The number of benzene rings is 5. The molecule has 1 aliphatic heterocycles. The minimum absolute atomic E-state index is 0.0190. The molecule has 0 bridgehead atoms. The van der Waals surface area contributed by atoms with Crippen LogP contribution < -0.4 is 10.6 Å². The number of hydrogen-bond acceptors (Lipinski definition) is 3. The fourth-order valence-corrected chi connectivity index (χ4v) is 8.64. The van der Waals surface area contributed by atoms with Crippen molar-refractivity contribution in [1.82, 2.24) is 0 Å². The predicted molar refractivity (Wildman–Crippen MR) is 208 cm³/mol. The monoisotopic (exact) mass is 667 g/mol. The molecule has 2 unspecified atom stereocenters. The maximum Gasteiger partial charge on any atom is 0.216 e. The van der Waals surface area contributed by atoms with Gasteiger partial charge in [-0.15, -0.1) is 0 Å². The third-order valence-corrected chi connectivity index (χ3v) is 11.5. The van der Waals surface area contributed by atoms with Crippen LogP contribution in [0.1, 0.15) is 76.3 Å². The van der Waals surface area contributed by atoms with Gasteiger partial charge in [0.2, 0.25) is 5.90 Å². The van der Waals surface area contributed by atoms with Gasteiger partial charge >= 0.3 is 0 Å². The van der Waals surface area contributed by atoms with Gasteiger partial charge in [-0.3, -0.25) is 0 Å². The summed E-state index contributed by atoms with van der Waals surface area (Å²) in [6.45, 7) is 15.8. The SMILES string of the molecule is CC1OC(c2cc(C(C)(C)C)cc(C(C)(C)C)c2)=NC1C(Cc1ccccc1)(Cc1ccccc1)OP(c1ccccc1)c1ccccc1. The van der Waals surface area contributed by atoms with Gasteiger partial charge in [0.1, 0.15) is 17.7 Å². The van der Waals surface area contributed by atoms with E-state index in [-0.39, 0.29) is 23.0 Å². The van der Waals surface area contributed by atoms with E-state index < -0.39 is 13.7 Å². The Bertz CT molecular complexity index is 1730. The largest absolute Gasteiger partial charge is 0.472 e. The third kappa shape index (κ3) is 8.23. The first-order chi connectivity index (χ1) is 23.4. The Balaban J connectivity index is 1.55. The van der Waals surface area contributed by atoms with Crippen LogP contribution in [0.25, 0.3) is 0 Å². The van der Waals surface area contributed by atoms with Crippen molar-refractivity contribution in [2.75, 3.05) is 0 Å². The van der Waals surface area contributed by atoms with Crippen molar-refractivity contribution < 1.29 is 9.26 Å². The summed E-state index contributed by atoms with van der Waals surface area (Å²) in [5.74, 6) is 0.701. The quantitative estimate of drug-likeness (QED) is 0.139. The maximum atomic E-state index is 7.79. The first kappa shape index (κ1) is 34.8. The van der Waals surface area contributed by atoms with Gasteiger partial charge in [-0.25, -0.2) is 4.99 Å². The Morgan fingerprint density at radius 3 is 1.41 bits per heavy atom. The van der Waals surface area contributed by atoms with E-state index in [1.807, 2.05) is 0 Å². The van der Waals surface area contributed by atoms with E-state index in [9.17, 15) is 0 Å². The van der Waals surface area contributed by atoms with Gasteiger partial charge in [0.25, 0.3) is 0 Å². The molecule has 0 saturated heterocycles. The predicted octanol–water partition coefficient (Wildman–Crippen LogP) is 10.1. The lowest BCUT2D eigenvalue weighted by molar-refractivity contribution is 0.0249. The maximum absolute atomic E-state index is 7.79. The Kier molecular flexibility index (Phi) is 10.3. The van der Waals surface area contributed by atoms with Gasteiger partial charge in [0.05, 0.1) is 8.15 Å². The molecule has 0 aromatic heterocycles. The van der Waals surface area contributed by atoms with Gasteiger partial charge in [-0.2, -0.15) is 0 Å². The van der Waals surface area contributed by atoms with Crippen LogP contribution in [0.15, 0.2) is 145 Å². The molecule has 5 aromatic rings. The molecule has 6 rings (SSSR count). The van der Waals surface area contributed by atoms with Crippen molar-refractivity contribution in [3.8, 4) is 0 Å². The zero-order valence-electron chi connectivity index (χ0n) is 30.1. The second-order valence-corrected chi connectivity index (χ2v) is 17.3. The summed E-state index contributed by atoms with van der Waals surface area (Å²) < 4.78 is 14.6. The Morgan fingerprint density at radius 2 is 1.00 bits per heavy atom. The number of hydrogen-bond donors (Lipinski definition) is 0. The van der Waals surface area contributed by atoms with Crippen LogP contribution in [0, 0.1) is 0 Å². The number of aliphatic imine (C=N–C) groups is 1. The molecule has 0 radical (unpaired) electrons. The molecule has 0 N–H and O–H groups in total. The van der Waals surface area contributed by atoms with E-state index in [0.717, 1.165) is 5.56 Å². The van der Waals surface area contributed by atoms with Crippen molar-refractivity contribution in [2.45, 2.75) is 89.9 Å². The van der Waals surface area contributed by atoms with Gasteiger partial charge in [-0.1, -0.05) is 169 Å². The number of nitrogens with zero attached hydrogens (tertiary/aromatic N) is 1. The van der Waals surface area contributed by atoms with Crippen molar-refractivity contribution in [3.63, 3.8) is 0 Å². The van der Waals surface area contributed by atoms with Gasteiger partial charge in [0, 0.05) is 29.0 Å². The molecule has 3 nitrogen and oxygen atoms in total. The first-order valence-electron chi connectivity index (χ1n) is 17.5. The van der Waals surface area contributed by atoms with E-state index in [1.165, 1.54) is 32.9 Å². The normalized spacial score (nSPS) is 16.8. The van der Waals surface area contributed by atoms with Crippen LogP contribution in [0.3, 0.4) is 0 Å². The second-order valence-electron chi connectivity index (χ2n) is 15.4. The molecule has 5 aromatic carbocycles. The highest BCUT2D eigenvalue weighted by Gasteiger charge is 2.49. The Hall–Kier alpha value is -4.04. The lowest BCUT2D eigenvalue weighted by Gasteiger charge is -2.41. The second kappa shape index (κ2) is 14.4. The van der Waals surface area contributed by atoms with E-state index >= 15 is 0 Å². The number of ether oxygens (including phenoxy) is 1. The Morgan fingerprint density at radius 1 is 0.592 bits per heavy atom. The van der Waals surface area contributed by atoms with Crippen LogP contribution in [-0.4, -0.2) is 23.6 Å². The summed E-state index contributed by atoms with van der Waals surface area (Å²) in [6, 6.07) is 49.5. The molecule has 1 aliphatic rings. The van der Waals surface area contributed by atoms with Gasteiger partial charge < -0.3 is 9.26 Å². The fourth-order valence-electron chi connectivity index (χ4n) is 6.64. The van der Waals surface area contributed by atoms with Crippen LogP contribution in [-0.2, 0) is 32.9 Å². The van der Waals surface area contributed by atoms with Crippen LogP contribution >= 0.6 is 8.15 Å². The smallest absolute Gasteiger partial charge is 0.216 e. The summed E-state index contributed by atoms with van der Waals surface area (Å²) in [5.41, 5.74) is 5.27. The molecule has 0 amide bonds. The molecule has 1 heterocycles. The lowest BCUT2D eigenvalue weighted by Crippen LogP contribution is -2.51. The molecular formula is C45H50NO2P. The van der Waals surface area contributed by atoms with E-state index in [2.05, 4.69) is 188 Å². The molecule has 0 spiro atoms. The first-order valence-corrected chi connectivity index (χ1v) is 18.8. The van der Waals surface area contributed by atoms with Crippen LogP contribution in [0.4, 0.5) is 0 Å². The zero-order chi connectivity index (χ0) is 34.6. The van der Waals surface area contributed by atoms with E-state index in [1.54, 1.807) is 0 Å². The van der Waals surface area contributed by atoms with Gasteiger partial charge in [0.15, 0.2) is 0 Å². The Labute approximate surface area is 295 Å². The molecule has 2 atom stereocenters. The summed E-state index contributed by atoms with van der Waals surface area (Å²) >= 11 is 0. The average Bonchev–Trinajstić information content (AvgIpc) is 3.50. The summed E-state index contributed by atoms with van der Waals surface area (Å²) in [5, 5.41) is 2.36. The fraction of sp³-hybridized carbons (Fsp3) is 0.311. The summed E-state index contributed by atoms with van der Waals surface area (Å²) in [7, 11) is -1.20. The molecule has 0 saturated carbocycles. The van der Waals surface area contributed by atoms with Gasteiger partial charge in [-0.05, 0) is 52.1 Å². The van der Waals surface area contributed by atoms with E-state index in [0.29, 0.717) is 18.7 Å². The van der Waals surface area contributed by atoms with Crippen molar-refractivity contribution in [2.24, 2.45) is 4.99 Å².